The fraction of sp³-hybridized carbons (Fsp3) is 0.267. The summed E-state index contributed by atoms with van der Waals surface area (Å²) < 4.78 is 13.6. The van der Waals surface area contributed by atoms with Crippen molar-refractivity contribution in [3.8, 4) is 22.0 Å². The Morgan fingerprint density at radius 3 is 2.79 bits per heavy atom. The fourth-order valence-electron chi connectivity index (χ4n) is 5.24. The maximum Gasteiger partial charge on any atom is 0.176 e. The van der Waals surface area contributed by atoms with Crippen LogP contribution in [0.25, 0.3) is 51.2 Å². The topological polar surface area (TPSA) is 83.1 Å². The summed E-state index contributed by atoms with van der Waals surface area (Å²) in [5.74, 6) is 1.37. The van der Waals surface area contributed by atoms with Gasteiger partial charge < -0.3 is 4.98 Å². The minimum absolute atomic E-state index is 0.240. The van der Waals surface area contributed by atoms with Crippen molar-refractivity contribution in [3.63, 3.8) is 0 Å². The van der Waals surface area contributed by atoms with Gasteiger partial charge in [0.25, 0.3) is 0 Å². The smallest absolute Gasteiger partial charge is 0.176 e. The Kier molecular flexibility index (Phi) is 6.72. The molecule has 1 aliphatic rings. The number of imidazole rings is 1. The van der Waals surface area contributed by atoms with Crippen molar-refractivity contribution in [2.45, 2.75) is 45.4 Å². The molecule has 0 radical (unpaired) electrons. The molecular formula is C30H29FN6S. The Morgan fingerprint density at radius 2 is 1.97 bits per heavy atom. The average molecular weight is 525 g/mol. The highest BCUT2D eigenvalue weighted by Gasteiger charge is 2.16. The summed E-state index contributed by atoms with van der Waals surface area (Å²) in [6.07, 6.45) is 19.3. The highest BCUT2D eigenvalue weighted by atomic mass is 32.1. The Bertz CT molecular complexity index is 1740. The molecule has 5 aromatic heterocycles. The molecule has 5 heterocycles. The first-order valence-corrected chi connectivity index (χ1v) is 13.8. The summed E-state index contributed by atoms with van der Waals surface area (Å²) in [5, 5.41) is 8.89. The molecule has 0 atom stereocenters. The maximum absolute atomic E-state index is 13.6. The molecule has 0 amide bonds. The second-order valence-corrected chi connectivity index (χ2v) is 11.1. The van der Waals surface area contributed by atoms with Gasteiger partial charge in [0.2, 0.25) is 0 Å². The third-order valence-electron chi connectivity index (χ3n) is 7.36. The molecule has 1 aliphatic carbocycles. The number of halogens is 1. The lowest BCUT2D eigenvalue weighted by Gasteiger charge is -2.21. The Hall–Kier alpha value is -3.91. The van der Waals surface area contributed by atoms with Crippen molar-refractivity contribution in [3.05, 3.63) is 75.9 Å². The van der Waals surface area contributed by atoms with E-state index in [0.717, 1.165) is 66.9 Å². The molecule has 38 heavy (non-hydrogen) atoms. The van der Waals surface area contributed by atoms with Crippen LogP contribution in [0.15, 0.2) is 49.1 Å². The quantitative estimate of drug-likeness (QED) is 0.284. The number of allylic oxidation sites excluding steroid dienone is 2. The van der Waals surface area contributed by atoms with Crippen LogP contribution in [0.2, 0.25) is 0 Å². The van der Waals surface area contributed by atoms with Gasteiger partial charge in [0.1, 0.15) is 11.2 Å². The molecule has 6 rings (SSSR count). The lowest BCUT2D eigenvalue weighted by Crippen LogP contribution is -2.21. The molecule has 192 valence electrons. The molecule has 1 saturated carbocycles. The monoisotopic (exact) mass is 524 g/mol. The SMILES string of the molecule is C=c1c(-c2nc3c(-c4ccc(F)s4)cncc3[nH]2)n[nH]/c1=C/C=C(\C)c1cncc(CC2CCCCC2)c1. The van der Waals surface area contributed by atoms with E-state index in [0.29, 0.717) is 11.5 Å². The second-order valence-electron chi connectivity index (χ2n) is 10.0. The molecular weight excluding hydrogens is 495 g/mol. The summed E-state index contributed by atoms with van der Waals surface area (Å²) in [4.78, 5) is 17.7. The van der Waals surface area contributed by atoms with Crippen LogP contribution >= 0.6 is 11.3 Å². The van der Waals surface area contributed by atoms with Crippen molar-refractivity contribution < 1.29 is 4.39 Å². The predicted octanol–water partition coefficient (Wildman–Crippen LogP) is 6.03. The molecule has 0 spiro atoms. The normalized spacial score (nSPS) is 15.5. The first kappa shape index (κ1) is 24.4. The molecule has 0 aromatic carbocycles. The highest BCUT2D eigenvalue weighted by Crippen LogP contribution is 2.32. The van der Waals surface area contributed by atoms with Crippen LogP contribution in [-0.2, 0) is 6.42 Å². The van der Waals surface area contributed by atoms with Gasteiger partial charge in [0, 0.05) is 34.2 Å². The molecule has 5 aromatic rings. The van der Waals surface area contributed by atoms with Gasteiger partial charge >= 0.3 is 0 Å². The number of hydrogen-bond donors (Lipinski definition) is 2. The van der Waals surface area contributed by atoms with Crippen LogP contribution in [0, 0.1) is 11.0 Å². The zero-order valence-electron chi connectivity index (χ0n) is 21.3. The van der Waals surface area contributed by atoms with E-state index in [1.54, 1.807) is 18.5 Å². The first-order valence-electron chi connectivity index (χ1n) is 13.0. The van der Waals surface area contributed by atoms with Crippen molar-refractivity contribution in [1.29, 1.82) is 0 Å². The van der Waals surface area contributed by atoms with Crippen LogP contribution in [-0.4, -0.2) is 30.1 Å². The largest absolute Gasteiger partial charge is 0.335 e. The third kappa shape index (κ3) is 4.96. The van der Waals surface area contributed by atoms with Gasteiger partial charge in [-0.1, -0.05) is 44.8 Å². The zero-order chi connectivity index (χ0) is 26.1. The Balaban J connectivity index is 1.27. The number of aromatic amines is 2. The number of nitrogens with one attached hydrogen (secondary N) is 2. The van der Waals surface area contributed by atoms with E-state index in [2.05, 4.69) is 50.8 Å². The van der Waals surface area contributed by atoms with Crippen molar-refractivity contribution in [1.82, 2.24) is 30.1 Å². The van der Waals surface area contributed by atoms with Gasteiger partial charge in [0.15, 0.2) is 11.0 Å². The van der Waals surface area contributed by atoms with Gasteiger partial charge in [-0.25, -0.2) is 4.98 Å². The molecule has 1 fully saturated rings. The van der Waals surface area contributed by atoms with Crippen LogP contribution in [0.1, 0.15) is 50.2 Å². The van der Waals surface area contributed by atoms with Gasteiger partial charge in [-0.05, 0) is 60.2 Å². The first-order chi connectivity index (χ1) is 18.5. The van der Waals surface area contributed by atoms with Crippen LogP contribution in [0.3, 0.4) is 0 Å². The van der Waals surface area contributed by atoms with Crippen LogP contribution in [0.5, 0.6) is 0 Å². The maximum atomic E-state index is 13.6. The molecule has 0 unspecified atom stereocenters. The van der Waals surface area contributed by atoms with E-state index < -0.39 is 0 Å². The molecule has 0 saturated heterocycles. The Labute approximate surface area is 224 Å². The molecule has 0 bridgehead atoms. The van der Waals surface area contributed by atoms with E-state index in [-0.39, 0.29) is 5.13 Å². The van der Waals surface area contributed by atoms with Gasteiger partial charge in [0.05, 0.1) is 17.1 Å². The minimum atomic E-state index is -0.240. The second kappa shape index (κ2) is 10.5. The van der Waals surface area contributed by atoms with E-state index in [9.17, 15) is 4.39 Å². The summed E-state index contributed by atoms with van der Waals surface area (Å²) >= 11 is 1.07. The van der Waals surface area contributed by atoms with Gasteiger partial charge in [-0.2, -0.15) is 9.49 Å². The lowest BCUT2D eigenvalue weighted by atomic mass is 9.85. The number of H-pyrrole nitrogens is 2. The third-order valence-corrected chi connectivity index (χ3v) is 8.26. The molecule has 6 nitrogen and oxygen atoms in total. The van der Waals surface area contributed by atoms with E-state index in [1.165, 1.54) is 43.7 Å². The zero-order valence-corrected chi connectivity index (χ0v) is 22.1. The number of pyridine rings is 2. The number of aromatic nitrogens is 6. The fourth-order valence-corrected chi connectivity index (χ4v) is 5.98. The summed E-state index contributed by atoms with van der Waals surface area (Å²) in [6, 6.07) is 5.47. The van der Waals surface area contributed by atoms with Crippen molar-refractivity contribution in [2.75, 3.05) is 0 Å². The predicted molar refractivity (Wildman–Crippen MR) is 152 cm³/mol. The lowest BCUT2D eigenvalue weighted by molar-refractivity contribution is 0.356. The van der Waals surface area contributed by atoms with E-state index in [1.807, 2.05) is 18.5 Å². The van der Waals surface area contributed by atoms with E-state index in [4.69, 9.17) is 4.98 Å². The van der Waals surface area contributed by atoms with Crippen molar-refractivity contribution >= 4 is 40.6 Å². The minimum Gasteiger partial charge on any atom is -0.335 e. The molecule has 2 N–H and O–H groups in total. The summed E-state index contributed by atoms with van der Waals surface area (Å²) in [7, 11) is 0. The highest BCUT2D eigenvalue weighted by molar-refractivity contribution is 7.14. The number of nitrogens with zero attached hydrogens (tertiary/aromatic N) is 4. The number of rotatable bonds is 6. The average Bonchev–Trinajstić information content (AvgIpc) is 3.66. The van der Waals surface area contributed by atoms with Gasteiger partial charge in [-0.15, -0.1) is 11.3 Å². The molecule has 0 aliphatic heterocycles. The summed E-state index contributed by atoms with van der Waals surface area (Å²) in [6.45, 7) is 6.35. The molecule has 8 heteroatoms. The Morgan fingerprint density at radius 1 is 1.13 bits per heavy atom. The number of hydrogen-bond acceptors (Lipinski definition) is 5. The standard InChI is InChI=1S/C30H29FN6S/c1-18(22-13-21(14-32-15-22)12-20-6-4-3-5-7-20)8-9-24-19(2)28(37-36-24)30-34-25-17-33-16-23(29(25)35-30)26-10-11-27(31)38-26/h8-11,13-17,20,36H,2-7,12H2,1H3,(H,34,35)/b18-8+,24-9+. The van der Waals surface area contributed by atoms with Gasteiger partial charge in [-0.3, -0.25) is 15.1 Å². The van der Waals surface area contributed by atoms with E-state index >= 15 is 0 Å². The number of fused-ring (bicyclic) bond motifs is 1. The van der Waals surface area contributed by atoms with Crippen LogP contribution < -0.4 is 10.6 Å². The summed E-state index contributed by atoms with van der Waals surface area (Å²) in [5.41, 5.74) is 6.47. The number of thiophene rings is 1. The van der Waals surface area contributed by atoms with Crippen molar-refractivity contribution in [2.24, 2.45) is 5.92 Å². The van der Waals surface area contributed by atoms with Crippen LogP contribution in [0.4, 0.5) is 4.39 Å².